The van der Waals surface area contributed by atoms with Crippen molar-refractivity contribution in [2.24, 2.45) is 0 Å². The second-order valence-electron chi connectivity index (χ2n) is 5.99. The Morgan fingerprint density at radius 2 is 1.94 bits per heavy atom. The number of aromatic nitrogens is 4. The SMILES string of the molecule is COC(=O)c1ccc(COC(=O)Nc2ccc(-c3noc(C(F)(F)F)n3)nc2C)cn1. The molecule has 3 rings (SSSR count). The molecule has 1 amide bonds. The molecule has 10 nitrogen and oxygen atoms in total. The van der Waals surface area contributed by atoms with E-state index in [2.05, 4.69) is 34.7 Å². The minimum atomic E-state index is -4.76. The van der Waals surface area contributed by atoms with E-state index < -0.39 is 24.1 Å². The molecule has 3 aromatic heterocycles. The normalized spacial score (nSPS) is 11.1. The highest BCUT2D eigenvalue weighted by molar-refractivity contribution is 5.87. The third-order valence-corrected chi connectivity index (χ3v) is 3.81. The first-order valence-electron chi connectivity index (χ1n) is 8.53. The molecule has 0 fully saturated rings. The zero-order chi connectivity index (χ0) is 22.6. The molecule has 13 heteroatoms. The Labute approximate surface area is 172 Å². The molecule has 0 radical (unpaired) electrons. The number of esters is 1. The number of halogens is 3. The van der Waals surface area contributed by atoms with Gasteiger partial charge in [-0.05, 0) is 25.1 Å². The Balaban J connectivity index is 1.60. The van der Waals surface area contributed by atoms with Crippen molar-refractivity contribution in [1.29, 1.82) is 0 Å². The fraction of sp³-hybridized carbons (Fsp3) is 0.222. The highest BCUT2D eigenvalue weighted by Crippen LogP contribution is 2.29. The maximum absolute atomic E-state index is 12.6. The predicted octanol–water partition coefficient (Wildman–Crippen LogP) is 3.39. The topological polar surface area (TPSA) is 129 Å². The third-order valence-electron chi connectivity index (χ3n) is 3.81. The Kier molecular flexibility index (Phi) is 6.13. The molecule has 1 N–H and O–H groups in total. The lowest BCUT2D eigenvalue weighted by atomic mass is 10.2. The molecule has 0 saturated carbocycles. The van der Waals surface area contributed by atoms with Gasteiger partial charge in [0.25, 0.3) is 0 Å². The lowest BCUT2D eigenvalue weighted by Gasteiger charge is -2.09. The highest BCUT2D eigenvalue weighted by Gasteiger charge is 2.38. The van der Waals surface area contributed by atoms with Gasteiger partial charge in [-0.15, -0.1) is 0 Å². The van der Waals surface area contributed by atoms with Crippen LogP contribution in [0.25, 0.3) is 11.5 Å². The van der Waals surface area contributed by atoms with Gasteiger partial charge < -0.3 is 14.0 Å². The molecule has 3 heterocycles. The maximum Gasteiger partial charge on any atom is 0.471 e. The number of carbonyl (C=O) groups excluding carboxylic acids is 2. The largest absolute Gasteiger partial charge is 0.471 e. The van der Waals surface area contributed by atoms with Gasteiger partial charge >= 0.3 is 24.1 Å². The van der Waals surface area contributed by atoms with Crippen LogP contribution in [0.4, 0.5) is 23.7 Å². The van der Waals surface area contributed by atoms with Gasteiger partial charge in [-0.2, -0.15) is 18.2 Å². The number of nitrogens with one attached hydrogen (secondary N) is 1. The molecule has 0 aromatic carbocycles. The van der Waals surface area contributed by atoms with Crippen molar-refractivity contribution < 1.29 is 36.8 Å². The smallest absolute Gasteiger partial charge is 0.464 e. The number of pyridine rings is 2. The Bertz CT molecular complexity index is 1100. The van der Waals surface area contributed by atoms with Crippen LogP contribution in [0.3, 0.4) is 0 Å². The van der Waals surface area contributed by atoms with Crippen molar-refractivity contribution in [1.82, 2.24) is 20.1 Å². The van der Waals surface area contributed by atoms with Gasteiger partial charge in [0.2, 0.25) is 5.82 Å². The number of alkyl halides is 3. The van der Waals surface area contributed by atoms with Crippen LogP contribution < -0.4 is 5.32 Å². The number of hydrogen-bond acceptors (Lipinski definition) is 9. The van der Waals surface area contributed by atoms with Gasteiger partial charge in [0, 0.05) is 11.8 Å². The van der Waals surface area contributed by atoms with E-state index in [9.17, 15) is 22.8 Å². The molecule has 0 saturated heterocycles. The fourth-order valence-electron chi connectivity index (χ4n) is 2.29. The van der Waals surface area contributed by atoms with E-state index in [4.69, 9.17) is 4.74 Å². The van der Waals surface area contributed by atoms with Crippen LogP contribution in [0.2, 0.25) is 0 Å². The quantitative estimate of drug-likeness (QED) is 0.597. The monoisotopic (exact) mass is 437 g/mol. The van der Waals surface area contributed by atoms with Crippen LogP contribution in [-0.2, 0) is 22.3 Å². The molecule has 0 aliphatic heterocycles. The van der Waals surface area contributed by atoms with Gasteiger partial charge in [0.1, 0.15) is 18.0 Å². The molecular weight excluding hydrogens is 423 g/mol. The summed E-state index contributed by atoms with van der Waals surface area (Å²) in [4.78, 5) is 34.6. The number of hydrogen-bond donors (Lipinski definition) is 1. The Morgan fingerprint density at radius 3 is 2.52 bits per heavy atom. The minimum Gasteiger partial charge on any atom is -0.464 e. The van der Waals surface area contributed by atoms with Gasteiger partial charge in [0.15, 0.2) is 0 Å². The number of rotatable bonds is 5. The molecule has 162 valence electrons. The molecule has 3 aromatic rings. The van der Waals surface area contributed by atoms with Crippen molar-refractivity contribution in [3.63, 3.8) is 0 Å². The summed E-state index contributed by atoms with van der Waals surface area (Å²) in [5.74, 6) is -2.42. The van der Waals surface area contributed by atoms with Crippen LogP contribution >= 0.6 is 0 Å². The lowest BCUT2D eigenvalue weighted by Crippen LogP contribution is -2.15. The Morgan fingerprint density at radius 1 is 1.16 bits per heavy atom. The summed E-state index contributed by atoms with van der Waals surface area (Å²) in [6.45, 7) is 1.41. The first-order chi connectivity index (χ1) is 14.7. The molecule has 31 heavy (non-hydrogen) atoms. The van der Waals surface area contributed by atoms with Crippen LogP contribution in [0.5, 0.6) is 0 Å². The van der Waals surface area contributed by atoms with E-state index >= 15 is 0 Å². The number of anilines is 1. The van der Waals surface area contributed by atoms with Gasteiger partial charge in [-0.1, -0.05) is 11.2 Å². The van der Waals surface area contributed by atoms with E-state index in [1.807, 2.05) is 0 Å². The van der Waals surface area contributed by atoms with Crippen LogP contribution in [0.1, 0.15) is 27.6 Å². The summed E-state index contributed by atoms with van der Waals surface area (Å²) in [5, 5.41) is 5.72. The van der Waals surface area contributed by atoms with Crippen molar-refractivity contribution in [3.05, 3.63) is 53.3 Å². The standard InChI is InChI=1S/C18H14F3N5O5/c1-9-11(5-6-12(23-9)14-25-16(31-26-14)18(19,20)21)24-17(28)30-8-10-3-4-13(22-7-10)15(27)29-2/h3-7H,8H2,1-2H3,(H,24,28). The summed E-state index contributed by atoms with van der Waals surface area (Å²) in [6.07, 6.45) is -4.20. The number of carbonyl (C=O) groups is 2. The van der Waals surface area contributed by atoms with Crippen LogP contribution in [0, 0.1) is 6.92 Å². The zero-order valence-electron chi connectivity index (χ0n) is 16.1. The molecule has 0 aliphatic rings. The van der Waals surface area contributed by atoms with E-state index in [1.54, 1.807) is 6.07 Å². The first-order valence-corrected chi connectivity index (χ1v) is 8.53. The molecular formula is C18H14F3N5O5. The molecule has 0 unspecified atom stereocenters. The predicted molar refractivity (Wildman–Crippen MR) is 96.7 cm³/mol. The lowest BCUT2D eigenvalue weighted by molar-refractivity contribution is -0.159. The number of ether oxygens (including phenoxy) is 2. The number of amides is 1. The summed E-state index contributed by atoms with van der Waals surface area (Å²) >= 11 is 0. The molecule has 0 bridgehead atoms. The van der Waals surface area contributed by atoms with Crippen molar-refractivity contribution >= 4 is 17.7 Å². The number of aryl methyl sites for hydroxylation is 1. The van der Waals surface area contributed by atoms with E-state index in [0.29, 0.717) is 5.56 Å². The maximum atomic E-state index is 12.6. The van der Waals surface area contributed by atoms with Crippen LogP contribution in [-0.4, -0.2) is 39.3 Å². The molecule has 0 spiro atoms. The van der Waals surface area contributed by atoms with Gasteiger partial charge in [0.05, 0.1) is 18.5 Å². The van der Waals surface area contributed by atoms with Gasteiger partial charge in [-0.25, -0.2) is 19.6 Å². The summed E-state index contributed by atoms with van der Waals surface area (Å²) in [6, 6.07) is 5.71. The second-order valence-corrected chi connectivity index (χ2v) is 5.99. The summed E-state index contributed by atoms with van der Waals surface area (Å²) in [5.41, 5.74) is 1.24. The van der Waals surface area contributed by atoms with Crippen LogP contribution in [0.15, 0.2) is 35.0 Å². The van der Waals surface area contributed by atoms with Crippen molar-refractivity contribution in [2.45, 2.75) is 19.7 Å². The van der Waals surface area contributed by atoms with Crippen molar-refractivity contribution in [3.8, 4) is 11.5 Å². The fourth-order valence-corrected chi connectivity index (χ4v) is 2.29. The van der Waals surface area contributed by atoms with E-state index in [-0.39, 0.29) is 35.2 Å². The summed E-state index contributed by atoms with van der Waals surface area (Å²) < 4.78 is 51.5. The average Bonchev–Trinajstić information content (AvgIpc) is 3.24. The average molecular weight is 437 g/mol. The van der Waals surface area contributed by atoms with E-state index in [1.165, 1.54) is 38.4 Å². The van der Waals surface area contributed by atoms with Gasteiger partial charge in [-0.3, -0.25) is 5.32 Å². The number of nitrogens with zero attached hydrogens (tertiary/aromatic N) is 4. The minimum absolute atomic E-state index is 0.0347. The molecule has 0 atom stereocenters. The van der Waals surface area contributed by atoms with Crippen molar-refractivity contribution in [2.75, 3.05) is 12.4 Å². The van der Waals surface area contributed by atoms with E-state index in [0.717, 1.165) is 0 Å². The highest BCUT2D eigenvalue weighted by atomic mass is 19.4. The number of methoxy groups -OCH3 is 1. The first kappa shape index (κ1) is 21.7. The second kappa shape index (κ2) is 8.77. The third kappa shape index (κ3) is 5.32. The zero-order valence-corrected chi connectivity index (χ0v) is 16.1. The summed E-state index contributed by atoms with van der Waals surface area (Å²) in [7, 11) is 1.23. The Hall–Kier alpha value is -4.03. The molecule has 0 aliphatic carbocycles.